The van der Waals surface area contributed by atoms with Crippen molar-refractivity contribution in [2.75, 3.05) is 63.6 Å². The zero-order valence-electron chi connectivity index (χ0n) is 17.2. The Labute approximate surface area is 187 Å². The van der Waals surface area contributed by atoms with E-state index in [1.807, 2.05) is 11.8 Å². The van der Waals surface area contributed by atoms with Gasteiger partial charge in [0.1, 0.15) is 0 Å². The number of nitrogens with zero attached hydrogens (tertiary/aromatic N) is 3. The first kappa shape index (κ1) is 27.2. The maximum Gasteiger partial charge on any atom is 0.215 e. The molecule has 0 aliphatic carbocycles. The molecule has 0 bridgehead atoms. The van der Waals surface area contributed by atoms with Crippen LogP contribution in [0.3, 0.4) is 0 Å². The Morgan fingerprint density at radius 2 is 1.89 bits per heavy atom. The number of hydrogen-bond donors (Lipinski definition) is 2. The summed E-state index contributed by atoms with van der Waals surface area (Å²) in [6.07, 6.45) is 2.19. The van der Waals surface area contributed by atoms with Crippen molar-refractivity contribution in [3.63, 3.8) is 0 Å². The number of guanidine groups is 1. The minimum absolute atomic E-state index is 0. The number of nitrogens with one attached hydrogen (secondary N) is 2. The van der Waals surface area contributed by atoms with Crippen LogP contribution in [0.15, 0.2) is 4.99 Å². The summed E-state index contributed by atoms with van der Waals surface area (Å²) in [5.41, 5.74) is 0. The Bertz CT molecular complexity index is 509. The summed E-state index contributed by atoms with van der Waals surface area (Å²) in [6.45, 7) is 11.4. The van der Waals surface area contributed by atoms with Crippen LogP contribution in [-0.2, 0) is 10.0 Å². The van der Waals surface area contributed by atoms with Gasteiger partial charge < -0.3 is 15.5 Å². The van der Waals surface area contributed by atoms with Crippen LogP contribution in [0.4, 0.5) is 0 Å². The first-order chi connectivity index (χ1) is 12.4. The van der Waals surface area contributed by atoms with Crippen molar-refractivity contribution in [3.05, 3.63) is 0 Å². The number of aliphatic imine (C=N–C) groups is 1. The molecular formula is C17H38IN5O2S2. The molecule has 1 heterocycles. The lowest BCUT2D eigenvalue weighted by Gasteiger charge is -2.26. The first-order valence-corrected chi connectivity index (χ1v) is 12.4. The lowest BCUT2D eigenvalue weighted by atomic mass is 10.2. The molecule has 1 aliphatic rings. The number of hydrogen-bond acceptors (Lipinski definition) is 5. The van der Waals surface area contributed by atoms with Gasteiger partial charge in [-0.1, -0.05) is 13.8 Å². The molecule has 0 spiro atoms. The maximum atomic E-state index is 12.4. The van der Waals surface area contributed by atoms with Crippen LogP contribution >= 0.6 is 35.7 Å². The summed E-state index contributed by atoms with van der Waals surface area (Å²) in [7, 11) is -1.46. The third-order valence-corrected chi connectivity index (χ3v) is 7.44. The maximum absolute atomic E-state index is 12.4. The highest BCUT2D eigenvalue weighted by molar-refractivity contribution is 14.0. The second-order valence-electron chi connectivity index (χ2n) is 6.54. The highest BCUT2D eigenvalue weighted by atomic mass is 127. The van der Waals surface area contributed by atoms with Gasteiger partial charge in [-0.05, 0) is 39.4 Å². The highest BCUT2D eigenvalue weighted by Crippen LogP contribution is 2.12. The van der Waals surface area contributed by atoms with Gasteiger partial charge in [-0.25, -0.2) is 12.7 Å². The van der Waals surface area contributed by atoms with Gasteiger partial charge in [0.25, 0.3) is 0 Å². The van der Waals surface area contributed by atoms with Gasteiger partial charge in [0.2, 0.25) is 10.0 Å². The monoisotopic (exact) mass is 535 g/mol. The molecule has 162 valence electrons. The van der Waals surface area contributed by atoms with E-state index in [4.69, 9.17) is 0 Å². The minimum Gasteiger partial charge on any atom is -0.355 e. The van der Waals surface area contributed by atoms with Crippen molar-refractivity contribution < 1.29 is 8.42 Å². The van der Waals surface area contributed by atoms with E-state index >= 15 is 0 Å². The van der Waals surface area contributed by atoms with Crippen LogP contribution in [0, 0.1) is 0 Å². The quantitative estimate of drug-likeness (QED) is 0.238. The number of sulfonamides is 1. The lowest BCUT2D eigenvalue weighted by Crippen LogP contribution is -2.46. The van der Waals surface area contributed by atoms with Crippen LogP contribution in [-0.4, -0.2) is 93.2 Å². The van der Waals surface area contributed by atoms with Gasteiger partial charge in [0.15, 0.2) is 5.96 Å². The van der Waals surface area contributed by atoms with Crippen molar-refractivity contribution in [1.82, 2.24) is 19.8 Å². The van der Waals surface area contributed by atoms with Gasteiger partial charge in [0, 0.05) is 44.2 Å². The Morgan fingerprint density at radius 1 is 1.26 bits per heavy atom. The van der Waals surface area contributed by atoms with Crippen LogP contribution in [0.2, 0.25) is 0 Å². The zero-order valence-corrected chi connectivity index (χ0v) is 21.2. The third-order valence-electron chi connectivity index (χ3n) is 4.63. The summed E-state index contributed by atoms with van der Waals surface area (Å²) in [6, 6.07) is 0.299. The molecule has 0 aromatic rings. The van der Waals surface area contributed by atoms with Gasteiger partial charge in [0.05, 0.1) is 5.75 Å². The van der Waals surface area contributed by atoms with Crippen LogP contribution in [0.25, 0.3) is 0 Å². The fourth-order valence-corrected chi connectivity index (χ4v) is 5.40. The molecule has 0 saturated carbocycles. The van der Waals surface area contributed by atoms with E-state index in [0.717, 1.165) is 44.0 Å². The van der Waals surface area contributed by atoms with Gasteiger partial charge >= 0.3 is 0 Å². The SMILES string of the molecule is CCN(CC)CCCC(C)NC(=NC)NCCS(=O)(=O)N1CCSCC1.I. The van der Waals surface area contributed by atoms with Crippen LogP contribution < -0.4 is 10.6 Å². The molecule has 1 unspecified atom stereocenters. The largest absolute Gasteiger partial charge is 0.355 e. The second-order valence-corrected chi connectivity index (χ2v) is 9.85. The van der Waals surface area contributed by atoms with Crippen molar-refractivity contribution in [2.45, 2.75) is 39.7 Å². The summed E-state index contributed by atoms with van der Waals surface area (Å²) in [5.74, 6) is 2.56. The van der Waals surface area contributed by atoms with Crippen molar-refractivity contribution in [3.8, 4) is 0 Å². The molecule has 1 aliphatic heterocycles. The highest BCUT2D eigenvalue weighted by Gasteiger charge is 2.23. The van der Waals surface area contributed by atoms with E-state index in [9.17, 15) is 8.42 Å². The normalized spacial score (nSPS) is 17.4. The van der Waals surface area contributed by atoms with Crippen molar-refractivity contribution >= 4 is 51.7 Å². The summed E-state index contributed by atoms with van der Waals surface area (Å²) in [4.78, 5) is 6.63. The molecular weight excluding hydrogens is 497 g/mol. The molecule has 7 nitrogen and oxygen atoms in total. The molecule has 1 saturated heterocycles. The van der Waals surface area contributed by atoms with Gasteiger partial charge in [-0.2, -0.15) is 11.8 Å². The topological polar surface area (TPSA) is 77.0 Å². The Morgan fingerprint density at radius 3 is 2.44 bits per heavy atom. The third kappa shape index (κ3) is 11.1. The summed E-state index contributed by atoms with van der Waals surface area (Å²) in [5, 5.41) is 6.49. The molecule has 0 radical (unpaired) electrons. The molecule has 1 atom stereocenters. The summed E-state index contributed by atoms with van der Waals surface area (Å²) >= 11 is 1.81. The van der Waals surface area contributed by atoms with E-state index in [-0.39, 0.29) is 29.7 Å². The Hall–Kier alpha value is 0.220. The predicted molar refractivity (Wildman–Crippen MR) is 129 cm³/mol. The minimum atomic E-state index is -3.18. The van der Waals surface area contributed by atoms with Crippen LogP contribution in [0.1, 0.15) is 33.6 Å². The molecule has 27 heavy (non-hydrogen) atoms. The molecule has 2 N–H and O–H groups in total. The van der Waals surface area contributed by atoms with Crippen molar-refractivity contribution in [1.29, 1.82) is 0 Å². The molecule has 10 heteroatoms. The molecule has 0 amide bonds. The van der Waals surface area contributed by atoms with E-state index in [1.54, 1.807) is 11.4 Å². The molecule has 0 aromatic carbocycles. The zero-order chi connectivity index (χ0) is 19.4. The van der Waals surface area contributed by atoms with Crippen molar-refractivity contribution in [2.24, 2.45) is 4.99 Å². The number of halogens is 1. The Kier molecular flexibility index (Phi) is 15.2. The fourth-order valence-electron chi connectivity index (χ4n) is 2.91. The first-order valence-electron chi connectivity index (χ1n) is 9.68. The van der Waals surface area contributed by atoms with E-state index in [2.05, 4.69) is 41.3 Å². The standard InChI is InChI=1S/C17H37N5O2S2.HI/c1-5-21(6-2)10-7-8-16(3)20-17(18-4)19-9-15-26(23,24)22-11-13-25-14-12-22;/h16H,5-15H2,1-4H3,(H2,18,19,20);1H. The van der Waals surface area contributed by atoms with E-state index in [1.165, 1.54) is 0 Å². The lowest BCUT2D eigenvalue weighted by molar-refractivity contribution is 0.292. The Balaban J connectivity index is 0.00000676. The average Bonchev–Trinajstić information content (AvgIpc) is 2.65. The smallest absolute Gasteiger partial charge is 0.215 e. The van der Waals surface area contributed by atoms with Gasteiger partial charge in [-0.15, -0.1) is 24.0 Å². The van der Waals surface area contributed by atoms with Crippen LogP contribution in [0.5, 0.6) is 0 Å². The van der Waals surface area contributed by atoms with Gasteiger partial charge in [-0.3, -0.25) is 4.99 Å². The molecule has 1 rings (SSSR count). The fraction of sp³-hybridized carbons (Fsp3) is 0.941. The van der Waals surface area contributed by atoms with E-state index in [0.29, 0.717) is 31.6 Å². The molecule has 0 aromatic heterocycles. The summed E-state index contributed by atoms with van der Waals surface area (Å²) < 4.78 is 26.3. The molecule has 1 fully saturated rings. The number of thioether (sulfide) groups is 1. The average molecular weight is 536 g/mol. The second kappa shape index (κ2) is 15.1. The number of rotatable bonds is 11. The van der Waals surface area contributed by atoms with E-state index < -0.39 is 10.0 Å². The predicted octanol–water partition coefficient (Wildman–Crippen LogP) is 1.66.